The third-order valence-electron chi connectivity index (χ3n) is 6.83. The van der Waals surface area contributed by atoms with Crippen LogP contribution in [-0.4, -0.2) is 87.0 Å². The SMILES string of the molecule is CC.CC.CC(C)CN(CC=O)/N=N\N.CCC(F)(F)c1ccc(CNC(=O)[C@H]2CN(C)CCN2S(=O)(=O)c2ccc(OC(F)(F)F)cc2)cc1. The Hall–Kier alpha value is -3.90. The molecule has 1 atom stereocenters. The summed E-state index contributed by atoms with van der Waals surface area (Å²) in [6.07, 6.45) is -4.49. The third-order valence-corrected chi connectivity index (χ3v) is 8.75. The van der Waals surface area contributed by atoms with Crippen molar-refractivity contribution >= 4 is 22.2 Å². The van der Waals surface area contributed by atoms with Crippen molar-refractivity contribution in [3.8, 4) is 5.75 Å². The number of piperazine rings is 1. The summed E-state index contributed by atoms with van der Waals surface area (Å²) >= 11 is 0. The van der Waals surface area contributed by atoms with E-state index in [0.29, 0.717) is 24.6 Å². The van der Waals surface area contributed by atoms with Crippen LogP contribution >= 0.6 is 0 Å². The molecule has 2 aromatic carbocycles. The zero-order valence-electron chi connectivity index (χ0n) is 30.5. The topological polar surface area (TPSA) is 150 Å². The van der Waals surface area contributed by atoms with Gasteiger partial charge >= 0.3 is 6.36 Å². The summed E-state index contributed by atoms with van der Waals surface area (Å²) in [5.41, 5.74) is 0.413. The maximum Gasteiger partial charge on any atom is 0.573 e. The molecule has 18 heteroatoms. The summed E-state index contributed by atoms with van der Waals surface area (Å²) < 4.78 is 96.0. The van der Waals surface area contributed by atoms with Gasteiger partial charge in [0.25, 0.3) is 5.92 Å². The number of carbonyl (C=O) groups excluding carboxylic acids is 2. The third kappa shape index (κ3) is 16.3. The first kappa shape index (κ1) is 47.1. The molecule has 0 aliphatic carbocycles. The van der Waals surface area contributed by atoms with E-state index in [9.17, 15) is 40.0 Å². The second kappa shape index (κ2) is 22.8. The Kier molecular flexibility index (Phi) is 21.1. The molecule has 0 spiro atoms. The second-order valence-electron chi connectivity index (χ2n) is 11.0. The van der Waals surface area contributed by atoms with Crippen molar-refractivity contribution in [2.45, 2.75) is 84.7 Å². The number of hydrogen-bond acceptors (Lipinski definition) is 8. The molecule has 0 unspecified atom stereocenters. The molecule has 1 heterocycles. The van der Waals surface area contributed by atoms with Gasteiger partial charge in [0.05, 0.1) is 11.4 Å². The Morgan fingerprint density at radius 1 is 1.04 bits per heavy atom. The number of nitrogens with zero attached hydrogens (tertiary/aromatic N) is 5. The molecule has 3 rings (SSSR count). The van der Waals surface area contributed by atoms with E-state index in [1.54, 1.807) is 11.9 Å². The smallest absolute Gasteiger partial charge is 0.406 e. The van der Waals surface area contributed by atoms with E-state index in [4.69, 9.17) is 5.84 Å². The summed E-state index contributed by atoms with van der Waals surface area (Å²) in [6.45, 7) is 14.8. The van der Waals surface area contributed by atoms with Crippen molar-refractivity contribution in [2.75, 3.05) is 39.8 Å². The van der Waals surface area contributed by atoms with Crippen LogP contribution in [-0.2, 0) is 32.1 Å². The minimum Gasteiger partial charge on any atom is -0.406 e. The normalized spacial score (nSPS) is 15.4. The zero-order chi connectivity index (χ0) is 39.4. The lowest BCUT2D eigenvalue weighted by molar-refractivity contribution is -0.274. The van der Waals surface area contributed by atoms with Gasteiger partial charge < -0.3 is 25.6 Å². The van der Waals surface area contributed by atoms with E-state index in [2.05, 4.69) is 20.5 Å². The predicted molar refractivity (Wildman–Crippen MR) is 185 cm³/mol. The Bertz CT molecular complexity index is 1430. The fraction of sp³-hybridized carbons (Fsp3) is 0.576. The molecule has 1 fully saturated rings. The van der Waals surface area contributed by atoms with Crippen LogP contribution in [0.2, 0.25) is 0 Å². The molecule has 1 saturated heterocycles. The van der Waals surface area contributed by atoms with Crippen LogP contribution in [0.5, 0.6) is 5.75 Å². The van der Waals surface area contributed by atoms with Crippen molar-refractivity contribution < 1.29 is 44.7 Å². The number of ether oxygens (including phenoxy) is 1. The second-order valence-corrected chi connectivity index (χ2v) is 12.9. The van der Waals surface area contributed by atoms with Crippen LogP contribution in [0.3, 0.4) is 0 Å². The fourth-order valence-electron chi connectivity index (χ4n) is 4.46. The number of rotatable bonds is 13. The molecule has 2 aromatic rings. The molecule has 51 heavy (non-hydrogen) atoms. The van der Waals surface area contributed by atoms with Gasteiger partial charge in [0.1, 0.15) is 18.1 Å². The van der Waals surface area contributed by atoms with Crippen LogP contribution in [0.25, 0.3) is 0 Å². The average molecular weight is 754 g/mol. The Balaban J connectivity index is 0.00000141. The number of amides is 1. The van der Waals surface area contributed by atoms with E-state index in [-0.39, 0.29) is 43.1 Å². The number of halogens is 5. The minimum atomic E-state index is -4.92. The molecule has 3 N–H and O–H groups in total. The monoisotopic (exact) mass is 753 g/mol. The van der Waals surface area contributed by atoms with Gasteiger partial charge in [0.2, 0.25) is 15.9 Å². The van der Waals surface area contributed by atoms with Gasteiger partial charge in [-0.3, -0.25) is 9.80 Å². The van der Waals surface area contributed by atoms with Crippen LogP contribution in [0.1, 0.15) is 66.0 Å². The first-order chi connectivity index (χ1) is 23.9. The van der Waals surface area contributed by atoms with Gasteiger partial charge in [-0.2, -0.15) is 4.31 Å². The number of likely N-dealkylation sites (N-methyl/N-ethyl adjacent to an activating group) is 1. The highest BCUT2D eigenvalue weighted by atomic mass is 32.2. The van der Waals surface area contributed by atoms with E-state index in [1.165, 1.54) is 36.2 Å². The van der Waals surface area contributed by atoms with Crippen molar-refractivity contribution in [1.82, 2.24) is 19.5 Å². The van der Waals surface area contributed by atoms with Crippen molar-refractivity contribution in [2.24, 2.45) is 22.2 Å². The van der Waals surface area contributed by atoms with E-state index >= 15 is 0 Å². The number of sulfonamides is 1. The predicted octanol–water partition coefficient (Wildman–Crippen LogP) is 6.14. The molecule has 0 bridgehead atoms. The molecule has 12 nitrogen and oxygen atoms in total. The van der Waals surface area contributed by atoms with Crippen LogP contribution in [0, 0.1) is 5.92 Å². The van der Waals surface area contributed by atoms with Gasteiger partial charge in [0, 0.05) is 44.7 Å². The molecule has 1 aliphatic heterocycles. The molecule has 0 radical (unpaired) electrons. The van der Waals surface area contributed by atoms with Crippen LogP contribution in [0.15, 0.2) is 63.9 Å². The summed E-state index contributed by atoms with van der Waals surface area (Å²) in [5.74, 6) is 1.16. The van der Waals surface area contributed by atoms with Gasteiger partial charge in [-0.05, 0) is 42.8 Å². The number of carbonyl (C=O) groups is 2. The number of aldehydes is 1. The molecule has 290 valence electrons. The molecule has 0 aromatic heterocycles. The summed E-state index contributed by atoms with van der Waals surface area (Å²) in [7, 11) is -2.50. The first-order valence-corrected chi connectivity index (χ1v) is 18.0. The number of nitrogens with one attached hydrogen (secondary N) is 1. The molecule has 1 amide bonds. The molecule has 1 aliphatic rings. The maximum atomic E-state index is 13.8. The first-order valence-electron chi connectivity index (χ1n) is 16.5. The van der Waals surface area contributed by atoms with E-state index < -0.39 is 40.0 Å². The van der Waals surface area contributed by atoms with Gasteiger partial charge in [-0.25, -0.2) is 17.2 Å². The summed E-state index contributed by atoms with van der Waals surface area (Å²) in [5, 5.41) is 10.8. The van der Waals surface area contributed by atoms with Crippen molar-refractivity contribution in [1.29, 1.82) is 0 Å². The minimum absolute atomic E-state index is 0.00557. The Labute approximate surface area is 298 Å². The Morgan fingerprint density at radius 2 is 1.61 bits per heavy atom. The van der Waals surface area contributed by atoms with Gasteiger partial charge in [-0.1, -0.05) is 83.2 Å². The number of nitrogens with two attached hydrogens (primary N) is 1. The standard InChI is InChI=1S/C23H26F5N3O4S.C6H14N4O.2C2H6/c1-3-22(24,25)17-6-4-16(5-7-17)14-29-21(32)20-15-30(2)12-13-31(20)36(33,34)19-10-8-18(9-11-19)35-23(26,27)28;1-6(2)5-10(3-4-11)9-8-7;2*1-2/h4-11,20H,3,12-15H2,1-2H3,(H,29,32);4,6H,3,5H2,1-2H3,(H2,7,9);2*1-2H3/t20-;;;/m1.../s1. The lowest BCUT2D eigenvalue weighted by atomic mass is 10.0. The molecular weight excluding hydrogens is 701 g/mol. The van der Waals surface area contributed by atoms with Crippen LogP contribution in [0.4, 0.5) is 22.0 Å². The van der Waals surface area contributed by atoms with Gasteiger partial charge in [-0.15, -0.1) is 13.2 Å². The van der Waals surface area contributed by atoms with Crippen molar-refractivity contribution in [3.63, 3.8) is 0 Å². The van der Waals surface area contributed by atoms with E-state index in [1.807, 2.05) is 41.5 Å². The van der Waals surface area contributed by atoms with Gasteiger partial charge in [0.15, 0.2) is 0 Å². The van der Waals surface area contributed by atoms with Crippen LogP contribution < -0.4 is 15.9 Å². The molecule has 0 saturated carbocycles. The number of hydrogen-bond donors (Lipinski definition) is 2. The largest absolute Gasteiger partial charge is 0.573 e. The zero-order valence-corrected chi connectivity index (χ0v) is 31.3. The maximum absolute atomic E-state index is 13.8. The molecular formula is C33H52F5N7O5S. The average Bonchev–Trinajstić information content (AvgIpc) is 3.09. The lowest BCUT2D eigenvalue weighted by Crippen LogP contribution is -2.59. The summed E-state index contributed by atoms with van der Waals surface area (Å²) in [6, 6.07) is 8.12. The highest BCUT2D eigenvalue weighted by Gasteiger charge is 2.39. The van der Waals surface area contributed by atoms with Crippen molar-refractivity contribution in [3.05, 3.63) is 59.7 Å². The summed E-state index contributed by atoms with van der Waals surface area (Å²) in [4.78, 5) is 24.6. The highest BCUT2D eigenvalue weighted by molar-refractivity contribution is 7.89. The lowest BCUT2D eigenvalue weighted by Gasteiger charge is -2.38. The number of benzene rings is 2. The number of alkyl halides is 5. The fourth-order valence-corrected chi connectivity index (χ4v) is 6.03. The quantitative estimate of drug-likeness (QED) is 0.0814. The Morgan fingerprint density at radius 3 is 2.08 bits per heavy atom. The highest BCUT2D eigenvalue weighted by Crippen LogP contribution is 2.31. The van der Waals surface area contributed by atoms with E-state index in [0.717, 1.165) is 34.9 Å².